The maximum absolute atomic E-state index is 13.0. The average molecular weight is 468 g/mol. The number of hydrogen-bond donors (Lipinski definition) is 2. The molecule has 1 aliphatic rings. The van der Waals surface area contributed by atoms with Crippen LogP contribution in [0.25, 0.3) is 0 Å². The minimum atomic E-state index is -3.67. The third-order valence-electron chi connectivity index (χ3n) is 5.57. The Morgan fingerprint density at radius 2 is 1.76 bits per heavy atom. The zero-order valence-electron chi connectivity index (χ0n) is 17.9. The average Bonchev–Trinajstić information content (AvgIpc) is 3.37. The van der Waals surface area contributed by atoms with E-state index >= 15 is 0 Å². The van der Waals surface area contributed by atoms with E-state index in [0.717, 1.165) is 0 Å². The largest absolute Gasteiger partial charge is 0.467 e. The van der Waals surface area contributed by atoms with Crippen LogP contribution in [0.4, 0.5) is 5.69 Å². The van der Waals surface area contributed by atoms with Gasteiger partial charge in [-0.1, -0.05) is 30.3 Å². The third kappa shape index (κ3) is 5.32. The van der Waals surface area contributed by atoms with Gasteiger partial charge in [-0.05, 0) is 49.2 Å². The smallest absolute Gasteiger partial charge is 0.253 e. The molecule has 1 saturated heterocycles. The fraction of sp³-hybridized carbons (Fsp3) is 0.250. The van der Waals surface area contributed by atoms with E-state index in [9.17, 15) is 18.0 Å². The minimum Gasteiger partial charge on any atom is -0.467 e. The van der Waals surface area contributed by atoms with Crippen LogP contribution in [0, 0.1) is 5.92 Å². The molecule has 2 heterocycles. The van der Waals surface area contributed by atoms with Crippen LogP contribution >= 0.6 is 0 Å². The van der Waals surface area contributed by atoms with Crippen LogP contribution in [-0.4, -0.2) is 37.6 Å². The molecule has 172 valence electrons. The summed E-state index contributed by atoms with van der Waals surface area (Å²) in [5.74, 6) is -0.559. The third-order valence-corrected chi connectivity index (χ3v) is 7.45. The van der Waals surface area contributed by atoms with Gasteiger partial charge in [0.25, 0.3) is 5.91 Å². The van der Waals surface area contributed by atoms with Crippen LogP contribution in [0.1, 0.15) is 29.0 Å². The van der Waals surface area contributed by atoms with Crippen LogP contribution in [0.2, 0.25) is 0 Å². The predicted octanol–water partition coefficient (Wildman–Crippen LogP) is 3.25. The van der Waals surface area contributed by atoms with E-state index in [1.807, 2.05) is 0 Å². The molecule has 0 saturated carbocycles. The monoisotopic (exact) mass is 467 g/mol. The molecule has 2 amide bonds. The summed E-state index contributed by atoms with van der Waals surface area (Å²) in [6.07, 6.45) is 2.68. The van der Waals surface area contributed by atoms with Crippen molar-refractivity contribution < 1.29 is 22.4 Å². The van der Waals surface area contributed by atoms with Gasteiger partial charge in [0.2, 0.25) is 15.9 Å². The summed E-state index contributed by atoms with van der Waals surface area (Å²) >= 11 is 0. The number of piperidine rings is 1. The highest BCUT2D eigenvalue weighted by Gasteiger charge is 2.33. The first-order valence-electron chi connectivity index (χ1n) is 10.7. The molecule has 4 rings (SSSR count). The SMILES string of the molecule is O=C(NCc1ccco1)c1ccccc1NC(=O)[C@@H]1CCCN(S(=O)(=O)c2ccccc2)C1. The number of amides is 2. The van der Waals surface area contributed by atoms with Gasteiger partial charge in [0.05, 0.1) is 34.9 Å². The Morgan fingerprint density at radius 3 is 2.52 bits per heavy atom. The summed E-state index contributed by atoms with van der Waals surface area (Å²) in [6, 6.07) is 18.4. The Labute approximate surface area is 192 Å². The molecule has 0 spiro atoms. The van der Waals surface area contributed by atoms with Crippen LogP contribution in [0.15, 0.2) is 82.3 Å². The maximum atomic E-state index is 13.0. The van der Waals surface area contributed by atoms with Crippen LogP contribution in [-0.2, 0) is 21.4 Å². The number of benzene rings is 2. The van der Waals surface area contributed by atoms with Gasteiger partial charge in [-0.2, -0.15) is 4.31 Å². The molecule has 0 aliphatic carbocycles. The number of rotatable bonds is 7. The Balaban J connectivity index is 1.43. The van der Waals surface area contributed by atoms with Gasteiger partial charge in [0.15, 0.2) is 0 Å². The van der Waals surface area contributed by atoms with E-state index in [0.29, 0.717) is 36.4 Å². The summed E-state index contributed by atoms with van der Waals surface area (Å²) in [5.41, 5.74) is 0.699. The Bertz CT molecular complexity index is 1210. The van der Waals surface area contributed by atoms with E-state index in [4.69, 9.17) is 4.42 Å². The quantitative estimate of drug-likeness (QED) is 0.555. The van der Waals surface area contributed by atoms with Crippen molar-refractivity contribution in [1.29, 1.82) is 0 Å². The first-order chi connectivity index (χ1) is 15.9. The zero-order valence-corrected chi connectivity index (χ0v) is 18.8. The molecule has 9 heteroatoms. The molecule has 3 aromatic rings. The fourth-order valence-electron chi connectivity index (χ4n) is 3.82. The van der Waals surface area contributed by atoms with Crippen molar-refractivity contribution in [2.75, 3.05) is 18.4 Å². The van der Waals surface area contributed by atoms with E-state index < -0.39 is 15.9 Å². The van der Waals surface area contributed by atoms with E-state index in [2.05, 4.69) is 10.6 Å². The molecular weight excluding hydrogens is 442 g/mol. The second-order valence-electron chi connectivity index (χ2n) is 7.81. The molecule has 0 radical (unpaired) electrons. The van der Waals surface area contributed by atoms with Crippen LogP contribution in [0.3, 0.4) is 0 Å². The Kier molecular flexibility index (Phi) is 6.90. The van der Waals surface area contributed by atoms with Gasteiger partial charge < -0.3 is 15.1 Å². The first-order valence-corrected chi connectivity index (χ1v) is 12.1. The number of nitrogens with zero attached hydrogens (tertiary/aromatic N) is 1. The molecule has 8 nitrogen and oxygen atoms in total. The van der Waals surface area contributed by atoms with Crippen LogP contribution in [0.5, 0.6) is 0 Å². The van der Waals surface area contributed by atoms with Crippen molar-refractivity contribution in [3.63, 3.8) is 0 Å². The van der Waals surface area contributed by atoms with Crippen molar-refractivity contribution in [2.45, 2.75) is 24.3 Å². The molecule has 0 unspecified atom stereocenters. The summed E-state index contributed by atoms with van der Waals surface area (Å²) < 4.78 is 32.5. The van der Waals surface area contributed by atoms with Crippen LogP contribution < -0.4 is 10.6 Å². The zero-order chi connectivity index (χ0) is 23.3. The van der Waals surface area contributed by atoms with Crippen molar-refractivity contribution in [2.24, 2.45) is 5.92 Å². The summed E-state index contributed by atoms with van der Waals surface area (Å²) in [6.45, 7) is 0.686. The molecule has 1 aromatic heterocycles. The number of nitrogens with one attached hydrogen (secondary N) is 2. The summed E-state index contributed by atoms with van der Waals surface area (Å²) in [7, 11) is -3.67. The number of carbonyl (C=O) groups excluding carboxylic acids is 2. The highest BCUT2D eigenvalue weighted by atomic mass is 32.2. The molecule has 2 aromatic carbocycles. The van der Waals surface area contributed by atoms with Crippen molar-refractivity contribution in [3.8, 4) is 0 Å². The number of anilines is 1. The number of carbonyl (C=O) groups is 2. The van der Waals surface area contributed by atoms with Gasteiger partial charge in [-0.25, -0.2) is 8.42 Å². The Morgan fingerprint density at radius 1 is 1.00 bits per heavy atom. The highest BCUT2D eigenvalue weighted by molar-refractivity contribution is 7.89. The molecule has 2 N–H and O–H groups in total. The summed E-state index contributed by atoms with van der Waals surface area (Å²) in [5, 5.41) is 5.59. The summed E-state index contributed by atoms with van der Waals surface area (Å²) in [4.78, 5) is 25.9. The molecule has 1 aliphatic heterocycles. The molecule has 33 heavy (non-hydrogen) atoms. The van der Waals surface area contributed by atoms with Gasteiger partial charge in [-0.15, -0.1) is 0 Å². The number of hydrogen-bond acceptors (Lipinski definition) is 5. The van der Waals surface area contributed by atoms with Gasteiger partial charge in [-0.3, -0.25) is 9.59 Å². The normalized spacial score (nSPS) is 16.8. The lowest BCUT2D eigenvalue weighted by Gasteiger charge is -2.31. The number of para-hydroxylation sites is 1. The lowest BCUT2D eigenvalue weighted by molar-refractivity contribution is -0.120. The second-order valence-corrected chi connectivity index (χ2v) is 9.75. The predicted molar refractivity (Wildman–Crippen MR) is 123 cm³/mol. The van der Waals surface area contributed by atoms with Gasteiger partial charge in [0.1, 0.15) is 5.76 Å². The van der Waals surface area contributed by atoms with Crippen molar-refractivity contribution in [1.82, 2.24) is 9.62 Å². The van der Waals surface area contributed by atoms with Gasteiger partial charge >= 0.3 is 0 Å². The number of sulfonamides is 1. The van der Waals surface area contributed by atoms with Crippen molar-refractivity contribution in [3.05, 3.63) is 84.3 Å². The molecule has 1 fully saturated rings. The highest BCUT2D eigenvalue weighted by Crippen LogP contribution is 2.25. The standard InChI is InChI=1S/C24H25N3O5S/c28-23(18-8-6-14-27(17-18)33(30,31)20-10-2-1-3-11-20)26-22-13-5-4-12-21(22)24(29)25-16-19-9-7-15-32-19/h1-5,7,9-13,15,18H,6,8,14,16-17H2,(H,25,29)(H,26,28)/t18-/m1/s1. The molecule has 1 atom stereocenters. The molecule has 0 bridgehead atoms. The molecular formula is C24H25N3O5S. The lowest BCUT2D eigenvalue weighted by Crippen LogP contribution is -2.43. The van der Waals surface area contributed by atoms with E-state index in [1.54, 1.807) is 66.7 Å². The second kappa shape index (κ2) is 10.0. The topological polar surface area (TPSA) is 109 Å². The fourth-order valence-corrected chi connectivity index (χ4v) is 5.36. The first kappa shape index (κ1) is 22.8. The van der Waals surface area contributed by atoms with Crippen molar-refractivity contribution >= 4 is 27.5 Å². The lowest BCUT2D eigenvalue weighted by atomic mass is 9.98. The maximum Gasteiger partial charge on any atom is 0.253 e. The number of furan rings is 1. The Hall–Kier alpha value is -3.43. The van der Waals surface area contributed by atoms with E-state index in [1.165, 1.54) is 10.6 Å². The minimum absolute atomic E-state index is 0.0932. The van der Waals surface area contributed by atoms with E-state index in [-0.39, 0.29) is 29.8 Å². The van der Waals surface area contributed by atoms with Gasteiger partial charge in [0, 0.05) is 13.1 Å².